The van der Waals surface area contributed by atoms with E-state index in [0.717, 1.165) is 0 Å². The van der Waals surface area contributed by atoms with Crippen LogP contribution in [0.15, 0.2) is 18.3 Å². The summed E-state index contributed by atoms with van der Waals surface area (Å²) in [5, 5.41) is 1.90. The number of carbonyl (C=O) groups is 4. The number of imide groups is 2. The first kappa shape index (κ1) is 29.2. The van der Waals surface area contributed by atoms with Gasteiger partial charge in [-0.05, 0) is 80.4 Å². The second-order valence-electron chi connectivity index (χ2n) is 10.2. The van der Waals surface area contributed by atoms with Crippen LogP contribution in [-0.4, -0.2) is 52.8 Å². The van der Waals surface area contributed by atoms with E-state index in [2.05, 4.69) is 16.8 Å². The van der Waals surface area contributed by atoms with Gasteiger partial charge in [0.15, 0.2) is 6.61 Å². The predicted octanol–water partition coefficient (Wildman–Crippen LogP) is 4.77. The molecule has 0 aromatic carbocycles. The highest BCUT2D eigenvalue weighted by Crippen LogP contribution is 2.23. The third kappa shape index (κ3) is 11.7. The van der Waals surface area contributed by atoms with Crippen molar-refractivity contribution in [3.63, 3.8) is 0 Å². The topological polar surface area (TPSA) is 133 Å². The molecular weight excluding hydrogens is 458 g/mol. The molecule has 0 fully saturated rings. The van der Waals surface area contributed by atoms with Crippen LogP contribution >= 0.6 is 0 Å². The Morgan fingerprint density at radius 3 is 1.86 bits per heavy atom. The highest BCUT2D eigenvalue weighted by molar-refractivity contribution is 6.10. The summed E-state index contributed by atoms with van der Waals surface area (Å²) in [6.45, 7) is 14.4. The van der Waals surface area contributed by atoms with E-state index < -0.39 is 47.8 Å². The van der Waals surface area contributed by atoms with Gasteiger partial charge in [0.25, 0.3) is 0 Å². The molecular formula is C24H33N3O8. The maximum absolute atomic E-state index is 12.9. The van der Waals surface area contributed by atoms with Crippen LogP contribution in [0.25, 0.3) is 0 Å². The van der Waals surface area contributed by atoms with E-state index >= 15 is 0 Å². The summed E-state index contributed by atoms with van der Waals surface area (Å²) in [6.07, 6.45) is -2.57. The average Bonchev–Trinajstić information content (AvgIpc) is 2.61. The molecule has 0 unspecified atom stereocenters. The van der Waals surface area contributed by atoms with Crippen molar-refractivity contribution in [3.05, 3.63) is 24.0 Å². The number of anilines is 1. The van der Waals surface area contributed by atoms with Crippen LogP contribution in [0.5, 0.6) is 0 Å². The molecule has 0 bridgehead atoms. The van der Waals surface area contributed by atoms with E-state index in [0.29, 0.717) is 4.90 Å². The Balaban J connectivity index is 3.08. The Morgan fingerprint density at radius 2 is 1.37 bits per heavy atom. The van der Waals surface area contributed by atoms with Gasteiger partial charge in [-0.15, -0.1) is 0 Å². The molecule has 0 atom stereocenters. The normalized spacial score (nSPS) is 11.3. The van der Waals surface area contributed by atoms with Gasteiger partial charge < -0.3 is 18.9 Å². The zero-order valence-electron chi connectivity index (χ0n) is 21.6. The van der Waals surface area contributed by atoms with E-state index in [1.54, 1.807) is 62.3 Å². The Morgan fingerprint density at radius 1 is 0.857 bits per heavy atom. The molecule has 1 N–H and O–H groups in total. The smallest absolute Gasteiger partial charge is 0.424 e. The molecule has 0 aliphatic heterocycles. The molecule has 11 heteroatoms. The number of hydrogen-bond donors (Lipinski definition) is 1. The summed E-state index contributed by atoms with van der Waals surface area (Å²) in [4.78, 5) is 53.8. The first-order valence-electron chi connectivity index (χ1n) is 10.7. The summed E-state index contributed by atoms with van der Waals surface area (Å²) in [6, 6.07) is 2.95. The van der Waals surface area contributed by atoms with Crippen molar-refractivity contribution in [2.75, 3.05) is 11.5 Å². The van der Waals surface area contributed by atoms with Gasteiger partial charge in [-0.25, -0.2) is 29.5 Å². The van der Waals surface area contributed by atoms with E-state index in [1.165, 1.54) is 18.3 Å². The van der Waals surface area contributed by atoms with E-state index in [-0.39, 0.29) is 11.4 Å². The molecule has 0 saturated heterocycles. The molecule has 192 valence electrons. The van der Waals surface area contributed by atoms with Crippen molar-refractivity contribution in [1.82, 2.24) is 10.3 Å². The molecule has 1 heterocycles. The van der Waals surface area contributed by atoms with E-state index in [4.69, 9.17) is 18.9 Å². The van der Waals surface area contributed by atoms with Gasteiger partial charge >= 0.3 is 24.4 Å². The first-order valence-corrected chi connectivity index (χ1v) is 10.7. The molecule has 0 aliphatic rings. The molecule has 0 aliphatic carbocycles. The maximum Gasteiger partial charge on any atom is 0.424 e. The number of hydrogen-bond acceptors (Lipinski definition) is 9. The van der Waals surface area contributed by atoms with Gasteiger partial charge in [0, 0.05) is 6.20 Å². The maximum atomic E-state index is 12.9. The first-order chi connectivity index (χ1) is 15.9. The third-order valence-corrected chi connectivity index (χ3v) is 3.26. The molecule has 35 heavy (non-hydrogen) atoms. The molecule has 1 rings (SSSR count). The second-order valence-corrected chi connectivity index (χ2v) is 10.2. The largest absolute Gasteiger partial charge is 0.443 e. The molecule has 0 saturated carbocycles. The van der Waals surface area contributed by atoms with Crippen LogP contribution in [0.1, 0.15) is 68.0 Å². The molecule has 1 aromatic rings. The number of alkyl carbamates (subject to hydrolysis) is 2. The monoisotopic (exact) mass is 491 g/mol. The average molecular weight is 492 g/mol. The quantitative estimate of drug-likeness (QED) is 0.458. The van der Waals surface area contributed by atoms with Crippen LogP contribution in [0, 0.1) is 11.8 Å². The minimum Gasteiger partial charge on any atom is -0.443 e. The minimum atomic E-state index is -1.06. The summed E-state index contributed by atoms with van der Waals surface area (Å²) in [5.74, 6) is 5.18. The lowest BCUT2D eigenvalue weighted by Gasteiger charge is -2.28. The fourth-order valence-corrected chi connectivity index (χ4v) is 2.20. The SMILES string of the molecule is CC(C)(C)OC(=O)NC(=O)OCC#Cc1ncccc1N(C(=O)OC(C)(C)C)C(=O)OC(C)(C)C. The number of aromatic nitrogens is 1. The van der Waals surface area contributed by atoms with Gasteiger partial charge in [0.05, 0.1) is 5.69 Å². The highest BCUT2D eigenvalue weighted by atomic mass is 16.6. The fourth-order valence-electron chi connectivity index (χ4n) is 2.20. The van der Waals surface area contributed by atoms with E-state index in [1.807, 2.05) is 5.32 Å². The molecule has 0 spiro atoms. The van der Waals surface area contributed by atoms with Crippen LogP contribution in [-0.2, 0) is 18.9 Å². The lowest BCUT2D eigenvalue weighted by molar-refractivity contribution is 0.0426. The summed E-state index contributed by atoms with van der Waals surface area (Å²) in [5.41, 5.74) is -2.52. The lowest BCUT2D eigenvalue weighted by atomic mass is 10.2. The Hall–Kier alpha value is -3.81. The highest BCUT2D eigenvalue weighted by Gasteiger charge is 2.34. The van der Waals surface area contributed by atoms with Gasteiger partial charge in [-0.3, -0.25) is 0 Å². The zero-order chi connectivity index (χ0) is 27.0. The van der Waals surface area contributed by atoms with Crippen LogP contribution < -0.4 is 10.2 Å². The number of ether oxygens (including phenoxy) is 4. The predicted molar refractivity (Wildman–Crippen MR) is 127 cm³/mol. The van der Waals surface area contributed by atoms with Gasteiger partial charge in [0.1, 0.15) is 22.5 Å². The standard InChI is InChI=1S/C24H33N3O8/c1-22(2,3)33-19(29)26-18(28)32-15-11-12-16-17(13-10-14-25-16)27(20(30)34-23(4,5)6)21(31)35-24(7,8)9/h10,13-14H,15H2,1-9H3,(H,26,28,29). The summed E-state index contributed by atoms with van der Waals surface area (Å²) >= 11 is 0. The van der Waals surface area contributed by atoms with Crippen molar-refractivity contribution < 1.29 is 38.1 Å². The third-order valence-electron chi connectivity index (χ3n) is 3.26. The Kier molecular flexibility index (Phi) is 9.64. The number of pyridine rings is 1. The lowest BCUT2D eigenvalue weighted by Crippen LogP contribution is -2.44. The number of amides is 4. The van der Waals surface area contributed by atoms with Crippen molar-refractivity contribution >= 4 is 30.1 Å². The summed E-state index contributed by atoms with van der Waals surface area (Å²) < 4.78 is 20.5. The van der Waals surface area contributed by atoms with Crippen molar-refractivity contribution in [1.29, 1.82) is 0 Å². The molecule has 1 aromatic heterocycles. The van der Waals surface area contributed by atoms with Gasteiger partial charge in [0.2, 0.25) is 0 Å². The minimum absolute atomic E-state index is 0.0155. The van der Waals surface area contributed by atoms with Crippen LogP contribution in [0.4, 0.5) is 24.9 Å². The molecule has 0 radical (unpaired) electrons. The molecule has 4 amide bonds. The number of carbonyl (C=O) groups excluding carboxylic acids is 4. The van der Waals surface area contributed by atoms with E-state index in [9.17, 15) is 19.2 Å². The number of nitrogens with one attached hydrogen (secondary N) is 1. The van der Waals surface area contributed by atoms with Crippen molar-refractivity contribution in [2.45, 2.75) is 79.1 Å². The Bertz CT molecular complexity index is 977. The number of nitrogens with zero attached hydrogens (tertiary/aromatic N) is 2. The summed E-state index contributed by atoms with van der Waals surface area (Å²) in [7, 11) is 0. The van der Waals surface area contributed by atoms with Gasteiger partial charge in [-0.2, -0.15) is 4.90 Å². The zero-order valence-corrected chi connectivity index (χ0v) is 21.6. The Labute approximate surface area is 205 Å². The fraction of sp³-hybridized carbons (Fsp3) is 0.542. The van der Waals surface area contributed by atoms with Crippen LogP contribution in [0.3, 0.4) is 0 Å². The second kappa shape index (κ2) is 11.6. The van der Waals surface area contributed by atoms with Gasteiger partial charge in [-0.1, -0.05) is 5.92 Å². The van der Waals surface area contributed by atoms with Crippen molar-refractivity contribution in [2.24, 2.45) is 0 Å². The molecule has 11 nitrogen and oxygen atoms in total. The number of rotatable bonds is 2. The van der Waals surface area contributed by atoms with Crippen molar-refractivity contribution in [3.8, 4) is 11.8 Å². The van der Waals surface area contributed by atoms with Crippen LogP contribution in [0.2, 0.25) is 0 Å².